The van der Waals surface area contributed by atoms with Gasteiger partial charge in [-0.2, -0.15) is 0 Å². The van der Waals surface area contributed by atoms with Gasteiger partial charge in [0.1, 0.15) is 0 Å². The van der Waals surface area contributed by atoms with E-state index >= 15 is 0 Å². The highest BCUT2D eigenvalue weighted by molar-refractivity contribution is 5.93. The van der Waals surface area contributed by atoms with Crippen LogP contribution in [0.4, 0.5) is 11.4 Å². The minimum atomic E-state index is -0.700. The Morgan fingerprint density at radius 2 is 1.96 bits per heavy atom. The first-order valence-electron chi connectivity index (χ1n) is 8.25. The predicted octanol–water partition coefficient (Wildman–Crippen LogP) is 3.27. The van der Waals surface area contributed by atoms with Crippen molar-refractivity contribution < 1.29 is 24.0 Å². The van der Waals surface area contributed by atoms with Gasteiger partial charge in [-0.25, -0.2) is 4.79 Å². The number of nitrogens with zero attached hydrogens (tertiary/aromatic N) is 1. The van der Waals surface area contributed by atoms with Crippen LogP contribution < -0.4 is 10.1 Å². The van der Waals surface area contributed by atoms with Crippen molar-refractivity contribution in [1.82, 2.24) is 0 Å². The SMILES string of the molecule is CCc1cccc(C)c1NC(=O)COc1ccc(C(=O)OC)cc1[N+](=O)[O-]. The monoisotopic (exact) mass is 372 g/mol. The number of nitro groups is 1. The van der Waals surface area contributed by atoms with Crippen molar-refractivity contribution in [1.29, 1.82) is 0 Å². The molecule has 0 heterocycles. The Bertz CT molecular complexity index is 878. The Balaban J connectivity index is 2.13. The second-order valence-electron chi connectivity index (χ2n) is 5.73. The van der Waals surface area contributed by atoms with E-state index in [1.54, 1.807) is 0 Å². The molecule has 0 spiro atoms. The average molecular weight is 372 g/mol. The molecule has 0 aliphatic carbocycles. The maximum absolute atomic E-state index is 12.2. The third-order valence-corrected chi connectivity index (χ3v) is 3.94. The number of ether oxygens (including phenoxy) is 2. The fourth-order valence-corrected chi connectivity index (χ4v) is 2.55. The van der Waals surface area contributed by atoms with Crippen LogP contribution in [0.25, 0.3) is 0 Å². The zero-order valence-electron chi connectivity index (χ0n) is 15.3. The number of methoxy groups -OCH3 is 1. The molecule has 2 aromatic rings. The van der Waals surface area contributed by atoms with Gasteiger partial charge >= 0.3 is 11.7 Å². The van der Waals surface area contributed by atoms with E-state index in [-0.39, 0.29) is 11.3 Å². The number of nitrogens with one attached hydrogen (secondary N) is 1. The summed E-state index contributed by atoms with van der Waals surface area (Å²) in [4.78, 5) is 34.3. The fraction of sp³-hybridized carbons (Fsp3) is 0.263. The lowest BCUT2D eigenvalue weighted by Gasteiger charge is -2.13. The second kappa shape index (κ2) is 8.79. The lowest BCUT2D eigenvalue weighted by molar-refractivity contribution is -0.385. The summed E-state index contributed by atoms with van der Waals surface area (Å²) in [5.41, 5.74) is 2.21. The highest BCUT2D eigenvalue weighted by Gasteiger charge is 2.20. The number of carbonyl (C=O) groups excluding carboxylic acids is 2. The molecule has 0 aromatic heterocycles. The topological polar surface area (TPSA) is 108 Å². The van der Waals surface area contributed by atoms with Gasteiger partial charge < -0.3 is 14.8 Å². The van der Waals surface area contributed by atoms with E-state index in [1.807, 2.05) is 32.0 Å². The first-order chi connectivity index (χ1) is 12.9. The van der Waals surface area contributed by atoms with E-state index < -0.39 is 29.1 Å². The summed E-state index contributed by atoms with van der Waals surface area (Å²) in [6.07, 6.45) is 0.749. The van der Waals surface area contributed by atoms with Crippen LogP contribution in [0.1, 0.15) is 28.4 Å². The molecular formula is C19H20N2O6. The molecule has 2 rings (SSSR count). The van der Waals surface area contributed by atoms with Gasteiger partial charge in [-0.3, -0.25) is 14.9 Å². The minimum Gasteiger partial charge on any atom is -0.477 e. The van der Waals surface area contributed by atoms with Gasteiger partial charge in [-0.1, -0.05) is 25.1 Å². The van der Waals surface area contributed by atoms with Crippen LogP contribution in [-0.4, -0.2) is 30.5 Å². The molecule has 142 valence electrons. The lowest BCUT2D eigenvalue weighted by atomic mass is 10.1. The molecule has 0 unspecified atom stereocenters. The molecule has 0 radical (unpaired) electrons. The largest absolute Gasteiger partial charge is 0.477 e. The minimum absolute atomic E-state index is 0.0218. The van der Waals surface area contributed by atoms with Crippen LogP contribution in [-0.2, 0) is 16.0 Å². The molecule has 8 nitrogen and oxygen atoms in total. The number of rotatable bonds is 7. The third kappa shape index (κ3) is 4.81. The van der Waals surface area contributed by atoms with Crippen LogP contribution in [0, 0.1) is 17.0 Å². The number of para-hydroxylation sites is 1. The number of esters is 1. The second-order valence-corrected chi connectivity index (χ2v) is 5.73. The molecule has 1 amide bonds. The van der Waals surface area contributed by atoms with Gasteiger partial charge in [-0.15, -0.1) is 0 Å². The van der Waals surface area contributed by atoms with Crippen LogP contribution in [0.3, 0.4) is 0 Å². The Labute approximate surface area is 156 Å². The number of nitro benzene ring substituents is 1. The fourth-order valence-electron chi connectivity index (χ4n) is 2.55. The van der Waals surface area contributed by atoms with Gasteiger partial charge in [0.2, 0.25) is 0 Å². The summed E-state index contributed by atoms with van der Waals surface area (Å²) in [5, 5.41) is 14.0. The van der Waals surface area contributed by atoms with E-state index in [9.17, 15) is 19.7 Å². The Kier molecular flexibility index (Phi) is 6.48. The average Bonchev–Trinajstić information content (AvgIpc) is 2.67. The number of amides is 1. The zero-order chi connectivity index (χ0) is 20.0. The van der Waals surface area contributed by atoms with Crippen LogP contribution in [0.15, 0.2) is 36.4 Å². The van der Waals surface area contributed by atoms with Crippen molar-refractivity contribution in [2.45, 2.75) is 20.3 Å². The number of hydrogen-bond donors (Lipinski definition) is 1. The van der Waals surface area contributed by atoms with Gasteiger partial charge in [-0.05, 0) is 36.6 Å². The third-order valence-electron chi connectivity index (χ3n) is 3.94. The molecule has 0 aliphatic heterocycles. The Morgan fingerprint density at radius 1 is 1.22 bits per heavy atom. The molecule has 2 aromatic carbocycles. The Hall–Kier alpha value is -3.42. The molecule has 8 heteroatoms. The number of hydrogen-bond acceptors (Lipinski definition) is 6. The van der Waals surface area contributed by atoms with Gasteiger partial charge in [0.15, 0.2) is 12.4 Å². The summed E-state index contributed by atoms with van der Waals surface area (Å²) in [6, 6.07) is 9.36. The standard InChI is InChI=1S/C19H20N2O6/c1-4-13-7-5-6-12(2)18(13)20-17(22)11-27-16-9-8-14(19(23)26-3)10-15(16)21(24)25/h5-10H,4,11H2,1-3H3,(H,20,22). The van der Waals surface area contributed by atoms with E-state index in [1.165, 1.54) is 19.2 Å². The van der Waals surface area contributed by atoms with Gasteiger partial charge in [0.05, 0.1) is 17.6 Å². The van der Waals surface area contributed by atoms with Crippen LogP contribution in [0.5, 0.6) is 5.75 Å². The quantitative estimate of drug-likeness (QED) is 0.454. The molecule has 1 N–H and O–H groups in total. The smallest absolute Gasteiger partial charge is 0.338 e. The summed E-state index contributed by atoms with van der Waals surface area (Å²) in [5.74, 6) is -1.25. The summed E-state index contributed by atoms with van der Waals surface area (Å²) in [7, 11) is 1.18. The zero-order valence-corrected chi connectivity index (χ0v) is 15.3. The first kappa shape index (κ1) is 19.9. The molecule has 0 saturated heterocycles. The molecule has 0 atom stereocenters. The van der Waals surface area contributed by atoms with Crippen molar-refractivity contribution in [3.63, 3.8) is 0 Å². The first-order valence-corrected chi connectivity index (χ1v) is 8.25. The van der Waals surface area contributed by atoms with Crippen LogP contribution >= 0.6 is 0 Å². The van der Waals surface area contributed by atoms with Crippen molar-refractivity contribution in [3.8, 4) is 5.75 Å². The molecule has 0 aliphatic rings. The molecule has 0 bridgehead atoms. The molecular weight excluding hydrogens is 352 g/mol. The van der Waals surface area contributed by atoms with E-state index in [0.717, 1.165) is 23.6 Å². The number of carbonyl (C=O) groups is 2. The van der Waals surface area contributed by atoms with E-state index in [4.69, 9.17) is 4.74 Å². The maximum atomic E-state index is 12.2. The Morgan fingerprint density at radius 3 is 2.59 bits per heavy atom. The predicted molar refractivity (Wildman–Crippen MR) is 99.1 cm³/mol. The molecule has 0 saturated carbocycles. The highest BCUT2D eigenvalue weighted by Crippen LogP contribution is 2.28. The van der Waals surface area contributed by atoms with E-state index in [0.29, 0.717) is 5.69 Å². The molecule has 27 heavy (non-hydrogen) atoms. The number of aryl methyl sites for hydroxylation is 2. The van der Waals surface area contributed by atoms with Gasteiger partial charge in [0.25, 0.3) is 5.91 Å². The summed E-state index contributed by atoms with van der Waals surface area (Å²) < 4.78 is 9.85. The summed E-state index contributed by atoms with van der Waals surface area (Å²) in [6.45, 7) is 3.45. The van der Waals surface area contributed by atoms with E-state index in [2.05, 4.69) is 10.1 Å². The lowest BCUT2D eigenvalue weighted by Crippen LogP contribution is -2.21. The van der Waals surface area contributed by atoms with Crippen molar-refractivity contribution in [3.05, 3.63) is 63.2 Å². The maximum Gasteiger partial charge on any atom is 0.338 e. The van der Waals surface area contributed by atoms with Crippen molar-refractivity contribution >= 4 is 23.3 Å². The molecule has 0 fully saturated rings. The normalized spacial score (nSPS) is 10.2. The number of benzene rings is 2. The van der Waals surface area contributed by atoms with Crippen molar-refractivity contribution in [2.75, 3.05) is 19.0 Å². The van der Waals surface area contributed by atoms with Crippen LogP contribution in [0.2, 0.25) is 0 Å². The summed E-state index contributed by atoms with van der Waals surface area (Å²) >= 11 is 0. The van der Waals surface area contributed by atoms with Gasteiger partial charge in [0, 0.05) is 11.8 Å². The number of anilines is 1. The highest BCUT2D eigenvalue weighted by atomic mass is 16.6. The van der Waals surface area contributed by atoms with Crippen molar-refractivity contribution in [2.24, 2.45) is 0 Å².